The number of hydrogen-bond donors (Lipinski definition) is 2. The van der Waals surface area contributed by atoms with Crippen LogP contribution in [0.3, 0.4) is 0 Å². The Morgan fingerprint density at radius 2 is 1.71 bits per heavy atom. The molecule has 0 radical (unpaired) electrons. The number of aromatic hydroxyl groups is 1. The summed E-state index contributed by atoms with van der Waals surface area (Å²) in [6.45, 7) is 0. The summed E-state index contributed by atoms with van der Waals surface area (Å²) in [6.07, 6.45) is 9.19. The Balaban J connectivity index is 2.14. The maximum absolute atomic E-state index is 10.2. The zero-order valence-corrected chi connectivity index (χ0v) is 10.3. The number of phenols is 1. The number of benzene rings is 1. The van der Waals surface area contributed by atoms with Gasteiger partial charge in [0.05, 0.1) is 0 Å². The second-order valence-electron chi connectivity index (χ2n) is 5.67. The molecular formula is C15H21NO. The average Bonchev–Trinajstić information content (AvgIpc) is 2.76. The molecule has 0 aromatic heterocycles. The first-order chi connectivity index (χ1) is 8.21. The number of hydrogen-bond acceptors (Lipinski definition) is 2. The van der Waals surface area contributed by atoms with Gasteiger partial charge in [-0.1, -0.05) is 18.9 Å². The summed E-state index contributed by atoms with van der Waals surface area (Å²) in [4.78, 5) is 0. The van der Waals surface area contributed by atoms with Gasteiger partial charge in [-0.3, -0.25) is 0 Å². The standard InChI is InChI=1S/C15H21NO/c16-15(9-3-4-10-15)14-12-6-2-1-5-11(12)7-8-13(14)17/h7-8,17H,1-6,9-10,16H2. The lowest BCUT2D eigenvalue weighted by atomic mass is 9.79. The molecule has 1 fully saturated rings. The molecule has 0 heterocycles. The van der Waals surface area contributed by atoms with Gasteiger partial charge >= 0.3 is 0 Å². The summed E-state index contributed by atoms with van der Waals surface area (Å²) >= 11 is 0. The van der Waals surface area contributed by atoms with Crippen LogP contribution in [0.15, 0.2) is 12.1 Å². The molecule has 17 heavy (non-hydrogen) atoms. The molecule has 0 spiro atoms. The molecule has 2 nitrogen and oxygen atoms in total. The first kappa shape index (κ1) is 11.1. The van der Waals surface area contributed by atoms with Crippen LogP contribution >= 0.6 is 0 Å². The van der Waals surface area contributed by atoms with E-state index in [9.17, 15) is 5.11 Å². The Morgan fingerprint density at radius 3 is 2.47 bits per heavy atom. The topological polar surface area (TPSA) is 46.2 Å². The Hall–Kier alpha value is -1.02. The maximum atomic E-state index is 10.2. The highest BCUT2D eigenvalue weighted by atomic mass is 16.3. The first-order valence-corrected chi connectivity index (χ1v) is 6.84. The van der Waals surface area contributed by atoms with Crippen molar-refractivity contribution in [2.75, 3.05) is 0 Å². The zero-order chi connectivity index (χ0) is 11.9. The molecule has 1 aromatic rings. The van der Waals surface area contributed by atoms with E-state index in [1.807, 2.05) is 6.07 Å². The Labute approximate surface area is 103 Å². The maximum Gasteiger partial charge on any atom is 0.120 e. The van der Waals surface area contributed by atoms with Gasteiger partial charge < -0.3 is 10.8 Å². The van der Waals surface area contributed by atoms with Gasteiger partial charge in [-0.15, -0.1) is 0 Å². The van der Waals surface area contributed by atoms with Crippen LogP contribution in [0.25, 0.3) is 0 Å². The number of phenolic OH excluding ortho intramolecular Hbond substituents is 1. The van der Waals surface area contributed by atoms with Crippen molar-refractivity contribution in [2.24, 2.45) is 5.73 Å². The highest BCUT2D eigenvalue weighted by Gasteiger charge is 2.36. The van der Waals surface area contributed by atoms with Gasteiger partial charge in [0.2, 0.25) is 0 Å². The van der Waals surface area contributed by atoms with Gasteiger partial charge in [-0.2, -0.15) is 0 Å². The van der Waals surface area contributed by atoms with Crippen molar-refractivity contribution in [2.45, 2.75) is 56.9 Å². The molecule has 0 unspecified atom stereocenters. The van der Waals surface area contributed by atoms with E-state index in [4.69, 9.17) is 5.73 Å². The van der Waals surface area contributed by atoms with Crippen molar-refractivity contribution in [1.82, 2.24) is 0 Å². The third-order valence-electron chi connectivity index (χ3n) is 4.50. The molecular weight excluding hydrogens is 210 g/mol. The van der Waals surface area contributed by atoms with Crippen molar-refractivity contribution in [3.05, 3.63) is 28.8 Å². The smallest absolute Gasteiger partial charge is 0.120 e. The van der Waals surface area contributed by atoms with Crippen LogP contribution in [0.2, 0.25) is 0 Å². The third-order valence-corrected chi connectivity index (χ3v) is 4.50. The molecule has 2 aliphatic rings. The highest BCUT2D eigenvalue weighted by Crippen LogP contribution is 2.44. The van der Waals surface area contributed by atoms with Crippen LogP contribution in [0.4, 0.5) is 0 Å². The third kappa shape index (κ3) is 1.75. The van der Waals surface area contributed by atoms with Gasteiger partial charge in [0.1, 0.15) is 5.75 Å². The molecule has 0 amide bonds. The summed E-state index contributed by atoms with van der Waals surface area (Å²) in [6, 6.07) is 3.94. The summed E-state index contributed by atoms with van der Waals surface area (Å²) in [7, 11) is 0. The molecule has 3 rings (SSSR count). The lowest BCUT2D eigenvalue weighted by Gasteiger charge is -2.31. The number of rotatable bonds is 1. The van der Waals surface area contributed by atoms with Crippen molar-refractivity contribution >= 4 is 0 Å². The van der Waals surface area contributed by atoms with Crippen molar-refractivity contribution in [3.63, 3.8) is 0 Å². The summed E-state index contributed by atoms with van der Waals surface area (Å²) in [5.41, 5.74) is 10.1. The zero-order valence-electron chi connectivity index (χ0n) is 10.3. The SMILES string of the molecule is NC1(c2c(O)ccc3c2CCCC3)CCCC1. The fourth-order valence-corrected chi connectivity index (χ4v) is 3.63. The lowest BCUT2D eigenvalue weighted by Crippen LogP contribution is -2.35. The van der Waals surface area contributed by atoms with Crippen LogP contribution in [-0.2, 0) is 18.4 Å². The molecule has 0 aliphatic heterocycles. The van der Waals surface area contributed by atoms with E-state index in [0.717, 1.165) is 31.2 Å². The van der Waals surface area contributed by atoms with Gasteiger partial charge in [0, 0.05) is 11.1 Å². The molecule has 0 atom stereocenters. The quantitative estimate of drug-likeness (QED) is 0.780. The van der Waals surface area contributed by atoms with E-state index < -0.39 is 0 Å². The van der Waals surface area contributed by atoms with E-state index in [1.54, 1.807) is 0 Å². The molecule has 2 aliphatic carbocycles. The van der Waals surface area contributed by atoms with E-state index in [1.165, 1.54) is 36.8 Å². The molecule has 3 N–H and O–H groups in total. The second kappa shape index (κ2) is 4.02. The van der Waals surface area contributed by atoms with Crippen molar-refractivity contribution in [3.8, 4) is 5.75 Å². The minimum Gasteiger partial charge on any atom is -0.508 e. The number of aryl methyl sites for hydroxylation is 1. The normalized spacial score (nSPS) is 22.4. The fraction of sp³-hybridized carbons (Fsp3) is 0.600. The Morgan fingerprint density at radius 1 is 1.00 bits per heavy atom. The van der Waals surface area contributed by atoms with Gasteiger partial charge in [-0.05, 0) is 55.7 Å². The predicted octanol–water partition coefficient (Wildman–Crippen LogP) is 3.00. The Bertz CT molecular complexity index is 433. The van der Waals surface area contributed by atoms with Crippen LogP contribution in [0.1, 0.15) is 55.2 Å². The molecule has 0 bridgehead atoms. The van der Waals surface area contributed by atoms with Crippen molar-refractivity contribution < 1.29 is 5.11 Å². The molecule has 92 valence electrons. The average molecular weight is 231 g/mol. The van der Waals surface area contributed by atoms with Gasteiger partial charge in [-0.25, -0.2) is 0 Å². The minimum absolute atomic E-state index is 0.257. The van der Waals surface area contributed by atoms with Crippen LogP contribution in [0.5, 0.6) is 5.75 Å². The van der Waals surface area contributed by atoms with Crippen LogP contribution in [0, 0.1) is 0 Å². The minimum atomic E-state index is -0.257. The summed E-state index contributed by atoms with van der Waals surface area (Å²) < 4.78 is 0. The van der Waals surface area contributed by atoms with E-state index in [2.05, 4.69) is 6.07 Å². The number of nitrogens with two attached hydrogens (primary N) is 1. The Kier molecular flexibility index (Phi) is 2.62. The van der Waals surface area contributed by atoms with E-state index in [0.29, 0.717) is 5.75 Å². The van der Waals surface area contributed by atoms with Gasteiger partial charge in [0.15, 0.2) is 0 Å². The molecule has 2 heteroatoms. The molecule has 1 saturated carbocycles. The van der Waals surface area contributed by atoms with Crippen LogP contribution < -0.4 is 5.73 Å². The van der Waals surface area contributed by atoms with Crippen LogP contribution in [-0.4, -0.2) is 5.11 Å². The summed E-state index contributed by atoms with van der Waals surface area (Å²) in [5, 5.41) is 10.2. The van der Waals surface area contributed by atoms with E-state index >= 15 is 0 Å². The first-order valence-electron chi connectivity index (χ1n) is 6.84. The molecule has 0 saturated heterocycles. The van der Waals surface area contributed by atoms with Crippen molar-refractivity contribution in [1.29, 1.82) is 0 Å². The second-order valence-corrected chi connectivity index (χ2v) is 5.67. The largest absolute Gasteiger partial charge is 0.508 e. The predicted molar refractivity (Wildman–Crippen MR) is 69.1 cm³/mol. The van der Waals surface area contributed by atoms with Gasteiger partial charge in [0.25, 0.3) is 0 Å². The highest BCUT2D eigenvalue weighted by molar-refractivity contribution is 5.49. The number of fused-ring (bicyclic) bond motifs is 1. The molecule has 1 aromatic carbocycles. The van der Waals surface area contributed by atoms with E-state index in [-0.39, 0.29) is 5.54 Å². The lowest BCUT2D eigenvalue weighted by molar-refractivity contribution is 0.403. The fourth-order valence-electron chi connectivity index (χ4n) is 3.63. The monoisotopic (exact) mass is 231 g/mol. The summed E-state index contributed by atoms with van der Waals surface area (Å²) in [5.74, 6) is 0.426.